The highest BCUT2D eigenvalue weighted by Gasteiger charge is 2.21. The minimum Gasteiger partial charge on any atom is -0.463 e. The van der Waals surface area contributed by atoms with E-state index in [0.717, 1.165) is 22.4 Å². The molecular formula is C26H32N4O2S. The number of thiol groups is 1. The van der Waals surface area contributed by atoms with Crippen molar-refractivity contribution in [3.8, 4) is 17.1 Å². The summed E-state index contributed by atoms with van der Waals surface area (Å²) >= 11 is 4.24. The first kappa shape index (κ1) is 24.6. The number of carbonyl (C=O) groups is 1. The summed E-state index contributed by atoms with van der Waals surface area (Å²) in [6.07, 6.45) is -0.742. The molecule has 0 spiro atoms. The van der Waals surface area contributed by atoms with Crippen LogP contribution in [0, 0.1) is 6.92 Å². The van der Waals surface area contributed by atoms with Gasteiger partial charge in [0.25, 0.3) is 5.91 Å². The highest BCUT2D eigenvalue weighted by atomic mass is 32.1. The fraction of sp³-hybridized carbons (Fsp3) is 0.308. The maximum absolute atomic E-state index is 12.9. The summed E-state index contributed by atoms with van der Waals surface area (Å²) in [4.78, 5) is 17.6. The lowest BCUT2D eigenvalue weighted by atomic mass is 10.0. The van der Waals surface area contributed by atoms with Gasteiger partial charge < -0.3 is 21.1 Å². The number of aromatic nitrogens is 1. The molecule has 2 aromatic carbocycles. The summed E-state index contributed by atoms with van der Waals surface area (Å²) < 4.78 is 6.06. The lowest BCUT2D eigenvalue weighted by Gasteiger charge is -2.21. The smallest absolute Gasteiger partial charge is 0.261 e. The average Bonchev–Trinajstić information content (AvgIpc) is 2.83. The first-order valence-electron chi connectivity index (χ1n) is 11.1. The van der Waals surface area contributed by atoms with Gasteiger partial charge >= 0.3 is 0 Å². The van der Waals surface area contributed by atoms with Crippen molar-refractivity contribution in [1.82, 2.24) is 10.3 Å². The zero-order valence-electron chi connectivity index (χ0n) is 19.3. The Morgan fingerprint density at radius 3 is 2.45 bits per heavy atom. The Bertz CT molecular complexity index is 1060. The molecule has 0 fully saturated rings. The second-order valence-corrected chi connectivity index (χ2v) is 8.45. The van der Waals surface area contributed by atoms with E-state index in [0.29, 0.717) is 23.9 Å². The molecule has 3 aromatic rings. The van der Waals surface area contributed by atoms with E-state index in [9.17, 15) is 4.79 Å². The van der Waals surface area contributed by atoms with E-state index in [2.05, 4.69) is 23.3 Å². The second kappa shape index (κ2) is 11.7. The predicted octanol–water partition coefficient (Wildman–Crippen LogP) is 4.37. The van der Waals surface area contributed by atoms with Crippen LogP contribution in [0.25, 0.3) is 11.3 Å². The number of nitrogens with one attached hydrogen (secondary N) is 2. The minimum absolute atomic E-state index is 0.120. The number of hydrogen-bond donors (Lipinski definition) is 4. The monoisotopic (exact) mass is 464 g/mol. The quantitative estimate of drug-likeness (QED) is 0.335. The van der Waals surface area contributed by atoms with Crippen LogP contribution < -0.4 is 21.1 Å². The number of nitrogens with two attached hydrogens (primary N) is 1. The SMILES string of the molecule is Cc1ccccc1C(C)NC(=O)[C@@H](C)Oc1nc(-c2ccccc2)ccc1NCC(N)CS. The number of rotatable bonds is 10. The van der Waals surface area contributed by atoms with Crippen LogP contribution in [0.5, 0.6) is 5.88 Å². The van der Waals surface area contributed by atoms with Gasteiger partial charge in [-0.3, -0.25) is 4.79 Å². The maximum Gasteiger partial charge on any atom is 0.261 e. The molecule has 174 valence electrons. The molecule has 0 radical (unpaired) electrons. The van der Waals surface area contributed by atoms with E-state index < -0.39 is 6.10 Å². The molecule has 0 bridgehead atoms. The Hall–Kier alpha value is -3.03. The predicted molar refractivity (Wildman–Crippen MR) is 138 cm³/mol. The lowest BCUT2D eigenvalue weighted by Crippen LogP contribution is -2.38. The minimum atomic E-state index is -0.742. The second-order valence-electron chi connectivity index (χ2n) is 8.09. The highest BCUT2D eigenvalue weighted by Crippen LogP contribution is 2.28. The third kappa shape index (κ3) is 6.73. The van der Waals surface area contributed by atoms with Gasteiger partial charge in [-0.2, -0.15) is 12.6 Å². The zero-order valence-corrected chi connectivity index (χ0v) is 20.2. The van der Waals surface area contributed by atoms with Crippen LogP contribution in [-0.4, -0.2) is 35.3 Å². The standard InChI is InChI=1S/C26H32N4O2S/c1-17-9-7-8-12-22(17)18(2)29-25(31)19(3)32-26-24(28-15-21(27)16-33)14-13-23(30-26)20-10-5-4-6-11-20/h4-14,18-19,21,28,33H,15-16,27H2,1-3H3,(H,29,31)/t18?,19-,21?/m1/s1. The number of hydrogen-bond acceptors (Lipinski definition) is 6. The average molecular weight is 465 g/mol. The number of aryl methyl sites for hydroxylation is 1. The van der Waals surface area contributed by atoms with Crippen molar-refractivity contribution in [2.75, 3.05) is 17.6 Å². The third-order valence-corrected chi connectivity index (χ3v) is 5.86. The summed E-state index contributed by atoms with van der Waals surface area (Å²) in [5, 5.41) is 6.31. The number of ether oxygens (including phenoxy) is 1. The van der Waals surface area contributed by atoms with Gasteiger partial charge in [0.2, 0.25) is 5.88 Å². The van der Waals surface area contributed by atoms with Crippen LogP contribution in [0.4, 0.5) is 5.69 Å². The summed E-state index contributed by atoms with van der Waals surface area (Å²) in [5.41, 5.74) is 10.6. The van der Waals surface area contributed by atoms with Crippen molar-refractivity contribution in [2.45, 2.75) is 39.0 Å². The number of anilines is 1. The van der Waals surface area contributed by atoms with Gasteiger partial charge in [-0.15, -0.1) is 0 Å². The van der Waals surface area contributed by atoms with Crippen molar-refractivity contribution < 1.29 is 9.53 Å². The summed E-state index contributed by atoms with van der Waals surface area (Å²) in [6.45, 7) is 6.23. The summed E-state index contributed by atoms with van der Waals surface area (Å²) in [7, 11) is 0. The van der Waals surface area contributed by atoms with Crippen molar-refractivity contribution >= 4 is 24.2 Å². The van der Waals surface area contributed by atoms with Crippen molar-refractivity contribution in [3.63, 3.8) is 0 Å². The van der Waals surface area contributed by atoms with Gasteiger partial charge in [-0.1, -0.05) is 54.6 Å². The Morgan fingerprint density at radius 2 is 1.76 bits per heavy atom. The van der Waals surface area contributed by atoms with E-state index in [1.807, 2.05) is 80.6 Å². The van der Waals surface area contributed by atoms with Gasteiger partial charge in [-0.25, -0.2) is 4.98 Å². The Labute approximate surface area is 201 Å². The summed E-state index contributed by atoms with van der Waals surface area (Å²) in [6, 6.07) is 21.4. The van der Waals surface area contributed by atoms with E-state index in [-0.39, 0.29) is 18.0 Å². The molecule has 1 heterocycles. The molecule has 1 amide bonds. The van der Waals surface area contributed by atoms with Crippen molar-refractivity contribution in [3.05, 3.63) is 77.9 Å². The molecule has 0 aliphatic carbocycles. The molecule has 0 aliphatic rings. The van der Waals surface area contributed by atoms with Gasteiger partial charge in [0, 0.05) is 23.9 Å². The largest absolute Gasteiger partial charge is 0.463 e. The van der Waals surface area contributed by atoms with E-state index in [4.69, 9.17) is 15.5 Å². The molecule has 3 rings (SSSR count). The molecule has 7 heteroatoms. The lowest BCUT2D eigenvalue weighted by molar-refractivity contribution is -0.128. The van der Waals surface area contributed by atoms with E-state index in [1.54, 1.807) is 6.92 Å². The van der Waals surface area contributed by atoms with Gasteiger partial charge in [0.15, 0.2) is 6.10 Å². The van der Waals surface area contributed by atoms with Gasteiger partial charge in [-0.05, 0) is 44.0 Å². The number of carbonyl (C=O) groups excluding carboxylic acids is 1. The van der Waals surface area contributed by atoms with Crippen LogP contribution in [0.3, 0.4) is 0 Å². The fourth-order valence-electron chi connectivity index (χ4n) is 3.44. The molecular weight excluding hydrogens is 432 g/mol. The normalized spacial score (nSPS) is 13.6. The van der Waals surface area contributed by atoms with Gasteiger partial charge in [0.05, 0.1) is 17.4 Å². The van der Waals surface area contributed by atoms with Crippen LogP contribution in [0.1, 0.15) is 31.0 Å². The number of benzene rings is 2. The number of amides is 1. The first-order chi connectivity index (χ1) is 15.9. The van der Waals surface area contributed by atoms with Crippen molar-refractivity contribution in [2.24, 2.45) is 5.73 Å². The fourth-order valence-corrected chi connectivity index (χ4v) is 3.57. The molecule has 6 nitrogen and oxygen atoms in total. The van der Waals surface area contributed by atoms with Crippen LogP contribution in [0.2, 0.25) is 0 Å². The molecule has 3 atom stereocenters. The Balaban J connectivity index is 1.78. The molecule has 0 saturated heterocycles. The zero-order chi connectivity index (χ0) is 23.8. The Morgan fingerprint density at radius 1 is 1.06 bits per heavy atom. The third-order valence-electron chi connectivity index (χ3n) is 5.39. The van der Waals surface area contributed by atoms with E-state index in [1.165, 1.54) is 0 Å². The summed E-state index contributed by atoms with van der Waals surface area (Å²) in [5.74, 6) is 0.693. The van der Waals surface area contributed by atoms with E-state index >= 15 is 0 Å². The number of nitrogens with zero attached hydrogens (tertiary/aromatic N) is 1. The first-order valence-corrected chi connectivity index (χ1v) is 11.7. The molecule has 4 N–H and O–H groups in total. The van der Waals surface area contributed by atoms with Gasteiger partial charge in [0.1, 0.15) is 0 Å². The Kier molecular flexibility index (Phi) is 8.74. The maximum atomic E-state index is 12.9. The molecule has 0 saturated carbocycles. The molecule has 33 heavy (non-hydrogen) atoms. The topological polar surface area (TPSA) is 89.3 Å². The highest BCUT2D eigenvalue weighted by molar-refractivity contribution is 7.80. The van der Waals surface area contributed by atoms with Crippen LogP contribution in [0.15, 0.2) is 66.7 Å². The number of pyridine rings is 1. The van der Waals surface area contributed by atoms with Crippen LogP contribution >= 0.6 is 12.6 Å². The molecule has 2 unspecified atom stereocenters. The van der Waals surface area contributed by atoms with Crippen molar-refractivity contribution in [1.29, 1.82) is 0 Å². The molecule has 0 aliphatic heterocycles. The van der Waals surface area contributed by atoms with Crippen LogP contribution in [-0.2, 0) is 4.79 Å². The molecule has 1 aromatic heterocycles.